The summed E-state index contributed by atoms with van der Waals surface area (Å²) in [6, 6.07) is 7.49. The summed E-state index contributed by atoms with van der Waals surface area (Å²) in [5.41, 5.74) is 5.93. The molecule has 0 heterocycles. The SMILES string of the molecule is N/C(=N/O)c1ccc(Oc2cc(F)cc(F)c2)cc1Br. The van der Waals surface area contributed by atoms with Crippen LogP contribution in [-0.4, -0.2) is 11.0 Å². The predicted molar refractivity (Wildman–Crippen MR) is 73.1 cm³/mol. The van der Waals surface area contributed by atoms with Gasteiger partial charge >= 0.3 is 0 Å². The molecule has 0 saturated carbocycles. The molecule has 0 spiro atoms. The van der Waals surface area contributed by atoms with E-state index in [-0.39, 0.29) is 11.6 Å². The van der Waals surface area contributed by atoms with Crippen LogP contribution in [0.2, 0.25) is 0 Å². The summed E-state index contributed by atoms with van der Waals surface area (Å²) in [4.78, 5) is 0. The first-order valence-electron chi connectivity index (χ1n) is 5.41. The molecule has 0 aliphatic rings. The lowest BCUT2D eigenvalue weighted by Gasteiger charge is -2.08. The van der Waals surface area contributed by atoms with Crippen LogP contribution in [0, 0.1) is 11.6 Å². The Morgan fingerprint density at radius 3 is 2.30 bits per heavy atom. The van der Waals surface area contributed by atoms with Crippen molar-refractivity contribution >= 4 is 21.8 Å². The van der Waals surface area contributed by atoms with Gasteiger partial charge in [-0.2, -0.15) is 0 Å². The zero-order chi connectivity index (χ0) is 14.7. The number of oxime groups is 1. The highest BCUT2D eigenvalue weighted by Gasteiger charge is 2.08. The van der Waals surface area contributed by atoms with Crippen LogP contribution in [0.25, 0.3) is 0 Å². The number of rotatable bonds is 3. The molecule has 0 aliphatic heterocycles. The van der Waals surface area contributed by atoms with E-state index in [0.717, 1.165) is 18.2 Å². The zero-order valence-corrected chi connectivity index (χ0v) is 11.6. The largest absolute Gasteiger partial charge is 0.457 e. The predicted octanol–water partition coefficient (Wildman–Crippen LogP) is 3.61. The number of halogens is 3. The molecule has 0 amide bonds. The first-order valence-corrected chi connectivity index (χ1v) is 6.20. The van der Waals surface area contributed by atoms with Gasteiger partial charge in [0.2, 0.25) is 0 Å². The maximum absolute atomic E-state index is 13.0. The monoisotopic (exact) mass is 342 g/mol. The van der Waals surface area contributed by atoms with Crippen molar-refractivity contribution in [3.8, 4) is 11.5 Å². The van der Waals surface area contributed by atoms with Gasteiger partial charge in [-0.1, -0.05) is 5.16 Å². The van der Waals surface area contributed by atoms with Gasteiger partial charge in [0, 0.05) is 28.2 Å². The first kappa shape index (κ1) is 14.3. The summed E-state index contributed by atoms with van der Waals surface area (Å²) in [5.74, 6) is -1.15. The number of hydrogen-bond donors (Lipinski definition) is 2. The Hall–Kier alpha value is -2.15. The van der Waals surface area contributed by atoms with E-state index >= 15 is 0 Å². The molecule has 2 rings (SSSR count). The Morgan fingerprint density at radius 2 is 1.75 bits per heavy atom. The van der Waals surface area contributed by atoms with Crippen LogP contribution in [-0.2, 0) is 0 Å². The number of benzene rings is 2. The standard InChI is InChI=1S/C13H9BrF2N2O2/c14-12-6-9(1-2-11(12)13(17)18-19)20-10-4-7(15)3-8(16)5-10/h1-6,19H,(H2,17,18). The third kappa shape index (κ3) is 3.24. The Labute approximate surface area is 121 Å². The molecule has 0 radical (unpaired) electrons. The lowest BCUT2D eigenvalue weighted by Crippen LogP contribution is -2.13. The number of nitrogens with two attached hydrogens (primary N) is 1. The van der Waals surface area contributed by atoms with Crippen molar-refractivity contribution in [1.82, 2.24) is 0 Å². The summed E-state index contributed by atoms with van der Waals surface area (Å²) in [6.45, 7) is 0. The molecule has 0 fully saturated rings. The third-order valence-electron chi connectivity index (χ3n) is 2.40. The van der Waals surface area contributed by atoms with Crippen LogP contribution in [0.3, 0.4) is 0 Å². The highest BCUT2D eigenvalue weighted by atomic mass is 79.9. The molecule has 3 N–H and O–H groups in total. The van der Waals surface area contributed by atoms with E-state index in [1.807, 2.05) is 0 Å². The second-order valence-electron chi connectivity index (χ2n) is 3.83. The minimum absolute atomic E-state index is 0.0333. The van der Waals surface area contributed by atoms with Crippen molar-refractivity contribution in [3.05, 3.63) is 58.1 Å². The summed E-state index contributed by atoms with van der Waals surface area (Å²) < 4.78 is 31.9. The molecule has 0 atom stereocenters. The maximum Gasteiger partial charge on any atom is 0.171 e. The summed E-state index contributed by atoms with van der Waals surface area (Å²) in [6.07, 6.45) is 0. The Balaban J connectivity index is 2.28. The van der Waals surface area contributed by atoms with Crippen LogP contribution in [0.15, 0.2) is 46.0 Å². The van der Waals surface area contributed by atoms with Crippen LogP contribution in [0.1, 0.15) is 5.56 Å². The third-order valence-corrected chi connectivity index (χ3v) is 3.05. The van der Waals surface area contributed by atoms with E-state index < -0.39 is 11.6 Å². The highest BCUT2D eigenvalue weighted by molar-refractivity contribution is 9.10. The average molecular weight is 343 g/mol. The van der Waals surface area contributed by atoms with Crippen molar-refractivity contribution in [2.75, 3.05) is 0 Å². The molecule has 4 nitrogen and oxygen atoms in total. The lowest BCUT2D eigenvalue weighted by atomic mass is 10.2. The fourth-order valence-corrected chi connectivity index (χ4v) is 2.11. The molecule has 20 heavy (non-hydrogen) atoms. The quantitative estimate of drug-likeness (QED) is 0.387. The van der Waals surface area contributed by atoms with Gasteiger partial charge in [-0.05, 0) is 34.1 Å². The second-order valence-corrected chi connectivity index (χ2v) is 4.69. The van der Waals surface area contributed by atoms with Gasteiger partial charge in [-0.3, -0.25) is 0 Å². The van der Waals surface area contributed by atoms with Gasteiger partial charge in [-0.25, -0.2) is 8.78 Å². The molecular weight excluding hydrogens is 334 g/mol. The molecule has 104 valence electrons. The first-order chi connectivity index (χ1) is 9.49. The van der Waals surface area contributed by atoms with Crippen LogP contribution < -0.4 is 10.5 Å². The minimum Gasteiger partial charge on any atom is -0.457 e. The van der Waals surface area contributed by atoms with Gasteiger partial charge in [-0.15, -0.1) is 0 Å². The van der Waals surface area contributed by atoms with Crippen LogP contribution in [0.5, 0.6) is 11.5 Å². The lowest BCUT2D eigenvalue weighted by molar-refractivity contribution is 0.318. The average Bonchev–Trinajstić information content (AvgIpc) is 2.36. The van der Waals surface area contributed by atoms with Crippen molar-refractivity contribution < 1.29 is 18.7 Å². The van der Waals surface area contributed by atoms with Gasteiger partial charge in [0.25, 0.3) is 0 Å². The molecule has 0 aromatic heterocycles. The van der Waals surface area contributed by atoms with E-state index in [2.05, 4.69) is 21.1 Å². The smallest absolute Gasteiger partial charge is 0.171 e. The molecule has 0 aliphatic carbocycles. The van der Waals surface area contributed by atoms with E-state index in [1.54, 1.807) is 6.07 Å². The zero-order valence-electron chi connectivity index (χ0n) is 9.98. The normalized spacial score (nSPS) is 11.4. The molecular formula is C13H9BrF2N2O2. The number of ether oxygens (including phenoxy) is 1. The van der Waals surface area contributed by atoms with Gasteiger partial charge in [0.1, 0.15) is 23.1 Å². The summed E-state index contributed by atoms with van der Waals surface area (Å²) in [5, 5.41) is 11.5. The number of hydrogen-bond acceptors (Lipinski definition) is 3. The van der Waals surface area contributed by atoms with E-state index in [1.165, 1.54) is 12.1 Å². The Morgan fingerprint density at radius 1 is 1.10 bits per heavy atom. The molecule has 0 saturated heterocycles. The number of amidine groups is 1. The van der Waals surface area contributed by atoms with Crippen molar-refractivity contribution in [2.24, 2.45) is 10.9 Å². The fraction of sp³-hybridized carbons (Fsp3) is 0. The molecule has 7 heteroatoms. The Kier molecular flexibility index (Phi) is 4.19. The molecule has 0 bridgehead atoms. The van der Waals surface area contributed by atoms with E-state index in [0.29, 0.717) is 15.8 Å². The summed E-state index contributed by atoms with van der Waals surface area (Å²) >= 11 is 3.23. The van der Waals surface area contributed by atoms with E-state index in [4.69, 9.17) is 15.7 Å². The van der Waals surface area contributed by atoms with Crippen LogP contribution in [0.4, 0.5) is 8.78 Å². The van der Waals surface area contributed by atoms with Gasteiger partial charge < -0.3 is 15.7 Å². The minimum atomic E-state index is -0.729. The maximum atomic E-state index is 13.0. The topological polar surface area (TPSA) is 67.8 Å². The van der Waals surface area contributed by atoms with Crippen molar-refractivity contribution in [3.63, 3.8) is 0 Å². The van der Waals surface area contributed by atoms with E-state index in [9.17, 15) is 8.78 Å². The van der Waals surface area contributed by atoms with Crippen molar-refractivity contribution in [2.45, 2.75) is 0 Å². The molecule has 2 aromatic carbocycles. The second kappa shape index (κ2) is 5.87. The summed E-state index contributed by atoms with van der Waals surface area (Å²) in [7, 11) is 0. The van der Waals surface area contributed by atoms with Crippen molar-refractivity contribution in [1.29, 1.82) is 0 Å². The number of nitrogens with zero attached hydrogens (tertiary/aromatic N) is 1. The Bertz CT molecular complexity index is 657. The van der Waals surface area contributed by atoms with Gasteiger partial charge in [0.05, 0.1) is 0 Å². The van der Waals surface area contributed by atoms with Crippen LogP contribution >= 0.6 is 15.9 Å². The van der Waals surface area contributed by atoms with Gasteiger partial charge in [0.15, 0.2) is 5.84 Å². The highest BCUT2D eigenvalue weighted by Crippen LogP contribution is 2.28. The molecule has 0 unspecified atom stereocenters. The fourth-order valence-electron chi connectivity index (χ4n) is 1.54. The molecule has 2 aromatic rings.